The Morgan fingerprint density at radius 3 is 1.88 bits per heavy atom. The Bertz CT molecular complexity index is 1800. The number of allylic oxidation sites excluding steroid dienone is 1. The number of methoxy groups -OCH3 is 1. The molecule has 0 unspecified atom stereocenters. The molecule has 42 heavy (non-hydrogen) atoms. The molecule has 0 saturated heterocycles. The predicted octanol–water partition coefficient (Wildman–Crippen LogP) is 9.42. The number of benzene rings is 4. The molecule has 215 valence electrons. The molecule has 3 aliphatic rings. The van der Waals surface area contributed by atoms with Gasteiger partial charge in [0.2, 0.25) is 0 Å². The molecule has 0 N–H and O–H groups in total. The molecule has 3 nitrogen and oxygen atoms in total. The molecule has 0 aromatic heterocycles. The Hall–Kier alpha value is -3.36. The van der Waals surface area contributed by atoms with Gasteiger partial charge in [0.25, 0.3) is 0 Å². The van der Waals surface area contributed by atoms with E-state index >= 15 is 0 Å². The molecule has 0 aliphatic carbocycles. The van der Waals surface area contributed by atoms with Gasteiger partial charge in [-0.25, -0.2) is 0 Å². The maximum atomic E-state index is 5.90. The molecule has 3 aliphatic heterocycles. The molecule has 4 heteroatoms. The summed E-state index contributed by atoms with van der Waals surface area (Å²) >= 11 is 0. The number of fused-ring (bicyclic) bond motifs is 11. The van der Waals surface area contributed by atoms with Crippen molar-refractivity contribution in [3.63, 3.8) is 0 Å². The summed E-state index contributed by atoms with van der Waals surface area (Å²) in [6.45, 7) is 18.9. The molecule has 4 aromatic rings. The second-order valence-corrected chi connectivity index (χ2v) is 13.0. The summed E-state index contributed by atoms with van der Waals surface area (Å²) in [6.07, 6.45) is 0.0532. The topological polar surface area (TPSA) is 15.7 Å². The summed E-state index contributed by atoms with van der Waals surface area (Å²) in [6, 6.07) is 28.1. The fourth-order valence-corrected chi connectivity index (χ4v) is 7.65. The molecule has 0 spiro atoms. The van der Waals surface area contributed by atoms with Crippen molar-refractivity contribution in [1.29, 1.82) is 0 Å². The Kier molecular flexibility index (Phi) is 6.56. The first-order valence-electron chi connectivity index (χ1n) is 14.7. The van der Waals surface area contributed by atoms with Crippen molar-refractivity contribution in [2.75, 3.05) is 16.9 Å². The van der Waals surface area contributed by atoms with Crippen LogP contribution in [0.5, 0.6) is 5.75 Å². The van der Waals surface area contributed by atoms with Crippen LogP contribution in [0.4, 0.5) is 11.4 Å². The van der Waals surface area contributed by atoms with Crippen LogP contribution in [0.3, 0.4) is 0 Å². The van der Waals surface area contributed by atoms with Gasteiger partial charge in [-0.2, -0.15) is 6.07 Å². The smallest absolute Gasteiger partial charge is 0.522 e. The molecule has 4 aromatic carbocycles. The van der Waals surface area contributed by atoms with Crippen molar-refractivity contribution < 1.29 is 24.2 Å². The van der Waals surface area contributed by atoms with E-state index in [1.807, 2.05) is 0 Å². The number of aryl methyl sites for hydroxylation is 1. The van der Waals surface area contributed by atoms with E-state index in [-0.39, 0.29) is 36.5 Å². The first kappa shape index (κ1) is 28.7. The first-order valence-corrected chi connectivity index (χ1v) is 14.7. The number of rotatable bonds is 1. The maximum Gasteiger partial charge on any atom is 1.00 e. The van der Waals surface area contributed by atoms with E-state index in [4.69, 9.17) is 4.74 Å². The third kappa shape index (κ3) is 3.48. The predicted molar refractivity (Wildman–Crippen MR) is 172 cm³/mol. The summed E-state index contributed by atoms with van der Waals surface area (Å²) in [5.41, 5.74) is 16.4. The Balaban J connectivity index is 0.00000316. The third-order valence-corrected chi connectivity index (χ3v) is 10.7. The first-order chi connectivity index (χ1) is 19.5. The van der Waals surface area contributed by atoms with Crippen LogP contribution in [0.1, 0.15) is 62.4 Å². The van der Waals surface area contributed by atoms with E-state index in [0.717, 1.165) is 11.3 Å². The van der Waals surface area contributed by atoms with E-state index in [1.165, 1.54) is 67.3 Å². The average molecular weight is 641 g/mol. The Labute approximate surface area is 264 Å². The quantitative estimate of drug-likeness (QED) is 0.152. The van der Waals surface area contributed by atoms with Gasteiger partial charge >= 0.3 is 19.5 Å². The van der Waals surface area contributed by atoms with Gasteiger partial charge in [-0.15, -0.1) is 11.6 Å². The van der Waals surface area contributed by atoms with Crippen LogP contribution in [0.15, 0.2) is 72.4 Å². The molecule has 0 saturated carbocycles. The van der Waals surface area contributed by atoms with Gasteiger partial charge in [0, 0.05) is 27.8 Å². The van der Waals surface area contributed by atoms with Gasteiger partial charge in [-0.3, -0.25) is 0 Å². The Morgan fingerprint density at radius 2 is 1.26 bits per heavy atom. The molecule has 1 radical (unpaired) electrons. The zero-order chi connectivity index (χ0) is 29.0. The molecule has 0 fully saturated rings. The zero-order valence-electron chi connectivity index (χ0n) is 26.1. The van der Waals surface area contributed by atoms with Crippen LogP contribution in [-0.2, 0) is 24.9 Å². The van der Waals surface area contributed by atoms with E-state index in [2.05, 4.69) is 138 Å². The normalized spacial score (nSPS) is 18.8. The average Bonchev–Trinajstić information content (AvgIpc) is 3.25. The third-order valence-electron chi connectivity index (χ3n) is 10.7. The second-order valence-electron chi connectivity index (χ2n) is 13.0. The van der Waals surface area contributed by atoms with Crippen LogP contribution in [0, 0.1) is 32.3 Å². The minimum atomic E-state index is -0.162. The van der Waals surface area contributed by atoms with Crippen molar-refractivity contribution in [3.8, 4) is 28.0 Å². The van der Waals surface area contributed by atoms with E-state index < -0.39 is 0 Å². The van der Waals surface area contributed by atoms with Crippen molar-refractivity contribution in [2.45, 2.75) is 67.0 Å². The summed E-state index contributed by atoms with van der Waals surface area (Å²) in [5, 5.41) is 0. The van der Waals surface area contributed by atoms with Crippen LogP contribution in [0.2, 0.25) is 0 Å². The van der Waals surface area contributed by atoms with E-state index in [0.29, 0.717) is 0 Å². The van der Waals surface area contributed by atoms with Crippen molar-refractivity contribution in [2.24, 2.45) is 5.41 Å². The van der Waals surface area contributed by atoms with Crippen LogP contribution in [0.25, 0.3) is 28.0 Å². The summed E-state index contributed by atoms with van der Waals surface area (Å²) in [4.78, 5) is 5.28. The minimum absolute atomic E-state index is 0. The second kappa shape index (κ2) is 9.58. The van der Waals surface area contributed by atoms with Gasteiger partial charge in [-0.05, 0) is 48.6 Å². The maximum absolute atomic E-state index is 5.90. The van der Waals surface area contributed by atoms with Crippen molar-refractivity contribution >= 4 is 17.1 Å². The molecule has 7 rings (SSSR count). The molecular weight excluding hydrogens is 602 g/mol. The van der Waals surface area contributed by atoms with Gasteiger partial charge in [0.15, 0.2) is 0 Å². The SMILES string of the molecule is COc1[c-]cc2c(c1C)N1C(=C3N(c4c(ccc(C)c4C)C(C)(C)C3(C)C)[C@@H]1C)c1ccccc1-c1ccccc1-2.[Ru+]. The van der Waals surface area contributed by atoms with E-state index in [9.17, 15) is 0 Å². The number of ether oxygens (including phenoxy) is 1. The molecule has 0 amide bonds. The van der Waals surface area contributed by atoms with Crippen molar-refractivity contribution in [1.82, 2.24) is 0 Å². The molecular formula is C38H39N2ORu. The number of hydrogen-bond acceptors (Lipinski definition) is 3. The standard InChI is InChI=1S/C38H39N2O.Ru/c1-22-18-20-31-34(23(22)2)40-25(4)39-33-24(3)32(41-9)21-19-30(33)28-16-11-10-14-26(28)27-15-12-13-17-29(27)35(39)36(40)38(7,8)37(31,5)6;/h10-20,25H,1-9H3;/q-1;+1/t25-;/m1./s1. The molecule has 1 atom stereocenters. The van der Waals surface area contributed by atoms with Crippen LogP contribution in [-0.4, -0.2) is 13.3 Å². The van der Waals surface area contributed by atoms with Gasteiger partial charge in [0.05, 0.1) is 18.5 Å². The Morgan fingerprint density at radius 1 is 0.690 bits per heavy atom. The monoisotopic (exact) mass is 641 g/mol. The van der Waals surface area contributed by atoms with Gasteiger partial charge < -0.3 is 14.5 Å². The fourth-order valence-electron chi connectivity index (χ4n) is 7.65. The van der Waals surface area contributed by atoms with Gasteiger partial charge in [0.1, 0.15) is 6.17 Å². The zero-order valence-corrected chi connectivity index (χ0v) is 27.8. The summed E-state index contributed by atoms with van der Waals surface area (Å²) in [7, 11) is 1.75. The fraction of sp³-hybridized carbons (Fsp3) is 0.316. The number of nitrogens with zero attached hydrogens (tertiary/aromatic N) is 2. The van der Waals surface area contributed by atoms with Crippen LogP contribution >= 0.6 is 0 Å². The summed E-state index contributed by atoms with van der Waals surface area (Å²) < 4.78 is 5.90. The van der Waals surface area contributed by atoms with Crippen molar-refractivity contribution in [3.05, 3.63) is 106 Å². The molecule has 0 bridgehead atoms. The number of anilines is 2. The molecule has 3 heterocycles. The van der Waals surface area contributed by atoms with Gasteiger partial charge in [-0.1, -0.05) is 112 Å². The largest absolute Gasteiger partial charge is 1.00 e. The summed E-state index contributed by atoms with van der Waals surface area (Å²) in [5.74, 6) is 0.795. The van der Waals surface area contributed by atoms with Crippen LogP contribution < -0.4 is 14.5 Å². The number of hydrogen-bond donors (Lipinski definition) is 0. The van der Waals surface area contributed by atoms with E-state index in [1.54, 1.807) is 7.11 Å². The minimum Gasteiger partial charge on any atom is -0.522 e.